The molecule has 1 saturated carbocycles. The molecule has 7 nitrogen and oxygen atoms in total. The van der Waals surface area contributed by atoms with E-state index in [4.69, 9.17) is 15.2 Å². The van der Waals surface area contributed by atoms with E-state index in [0.29, 0.717) is 42.8 Å². The van der Waals surface area contributed by atoms with Crippen molar-refractivity contribution in [1.82, 2.24) is 9.80 Å². The lowest BCUT2D eigenvalue weighted by molar-refractivity contribution is -0.146. The summed E-state index contributed by atoms with van der Waals surface area (Å²) in [4.78, 5) is 30.7. The average molecular weight is 402 g/mol. The Kier molecular flexibility index (Phi) is 5.67. The number of hydrogen-bond donors (Lipinski definition) is 1. The number of amides is 2. The Morgan fingerprint density at radius 1 is 1.21 bits per heavy atom. The van der Waals surface area contributed by atoms with Crippen LogP contribution in [0.2, 0.25) is 0 Å². The molecule has 1 spiro atoms. The summed E-state index contributed by atoms with van der Waals surface area (Å²) >= 11 is 0. The van der Waals surface area contributed by atoms with Gasteiger partial charge in [-0.25, -0.2) is 0 Å². The maximum Gasteiger partial charge on any atom is 0.254 e. The summed E-state index contributed by atoms with van der Waals surface area (Å²) in [6.45, 7) is 2.46. The fourth-order valence-corrected chi connectivity index (χ4v) is 4.75. The summed E-state index contributed by atoms with van der Waals surface area (Å²) in [5.41, 5.74) is 5.41. The molecule has 2 heterocycles. The van der Waals surface area contributed by atoms with Crippen LogP contribution in [0.3, 0.4) is 0 Å². The van der Waals surface area contributed by atoms with Crippen LogP contribution in [0.4, 0.5) is 0 Å². The Morgan fingerprint density at radius 3 is 2.66 bits per heavy atom. The van der Waals surface area contributed by atoms with Gasteiger partial charge in [0.25, 0.3) is 5.91 Å². The zero-order valence-electron chi connectivity index (χ0n) is 17.2. The highest BCUT2D eigenvalue weighted by Crippen LogP contribution is 2.42. The molecule has 158 valence electrons. The third-order valence-electron chi connectivity index (χ3n) is 6.39. The van der Waals surface area contributed by atoms with Crippen molar-refractivity contribution in [2.24, 2.45) is 5.73 Å². The molecule has 29 heavy (non-hydrogen) atoms. The fourth-order valence-electron chi connectivity index (χ4n) is 4.75. The molecule has 2 aliphatic heterocycles. The van der Waals surface area contributed by atoms with Crippen LogP contribution in [0, 0.1) is 0 Å². The number of rotatable bonds is 7. The van der Waals surface area contributed by atoms with Crippen molar-refractivity contribution in [1.29, 1.82) is 0 Å². The molecule has 2 N–H and O–H groups in total. The Bertz CT molecular complexity index is 779. The van der Waals surface area contributed by atoms with Crippen LogP contribution < -0.4 is 15.2 Å². The van der Waals surface area contributed by atoms with E-state index in [2.05, 4.69) is 0 Å². The predicted molar refractivity (Wildman–Crippen MR) is 109 cm³/mol. The number of benzene rings is 1. The number of nitrogens with zero attached hydrogens (tertiary/aromatic N) is 2. The van der Waals surface area contributed by atoms with E-state index in [1.807, 2.05) is 9.80 Å². The minimum absolute atomic E-state index is 0.0974. The Labute approximate surface area is 172 Å². The van der Waals surface area contributed by atoms with Gasteiger partial charge in [-0.2, -0.15) is 0 Å². The van der Waals surface area contributed by atoms with Crippen molar-refractivity contribution in [3.8, 4) is 11.5 Å². The molecule has 3 fully saturated rings. The first-order valence-corrected chi connectivity index (χ1v) is 10.7. The molecule has 1 atom stereocenters. The Morgan fingerprint density at radius 2 is 1.97 bits per heavy atom. The van der Waals surface area contributed by atoms with Gasteiger partial charge in [0.2, 0.25) is 5.91 Å². The normalized spacial score (nSPS) is 24.3. The van der Waals surface area contributed by atoms with Crippen molar-refractivity contribution in [3.63, 3.8) is 0 Å². The summed E-state index contributed by atoms with van der Waals surface area (Å²) in [7, 11) is 1.58. The van der Waals surface area contributed by atoms with Crippen LogP contribution >= 0.6 is 0 Å². The number of ether oxygens (including phenoxy) is 2. The van der Waals surface area contributed by atoms with E-state index in [0.717, 1.165) is 51.5 Å². The Balaban J connectivity index is 1.58. The van der Waals surface area contributed by atoms with E-state index in [9.17, 15) is 9.59 Å². The van der Waals surface area contributed by atoms with E-state index < -0.39 is 5.54 Å². The third kappa shape index (κ3) is 3.68. The highest BCUT2D eigenvalue weighted by atomic mass is 16.5. The van der Waals surface area contributed by atoms with E-state index in [1.54, 1.807) is 25.3 Å². The summed E-state index contributed by atoms with van der Waals surface area (Å²) in [6.07, 6.45) is 6.26. The number of hydrogen-bond acceptors (Lipinski definition) is 5. The van der Waals surface area contributed by atoms with Gasteiger partial charge in [-0.15, -0.1) is 0 Å². The van der Waals surface area contributed by atoms with Crippen molar-refractivity contribution < 1.29 is 19.1 Å². The second-order valence-electron chi connectivity index (χ2n) is 8.28. The lowest BCUT2D eigenvalue weighted by Gasteiger charge is -2.44. The average Bonchev–Trinajstić information content (AvgIpc) is 3.50. The molecular weight excluding hydrogens is 370 g/mol. The number of piperidine rings is 1. The van der Waals surface area contributed by atoms with Gasteiger partial charge in [0, 0.05) is 24.7 Å². The summed E-state index contributed by atoms with van der Waals surface area (Å²) in [5.74, 6) is 1.18. The minimum atomic E-state index is -0.668. The molecule has 1 aliphatic carbocycles. The molecule has 3 aliphatic rings. The summed E-state index contributed by atoms with van der Waals surface area (Å²) in [6, 6.07) is 5.64. The lowest BCUT2D eigenvalue weighted by atomic mass is 9.85. The molecule has 0 bridgehead atoms. The van der Waals surface area contributed by atoms with Gasteiger partial charge >= 0.3 is 0 Å². The van der Waals surface area contributed by atoms with Crippen LogP contribution in [-0.4, -0.2) is 66.5 Å². The highest BCUT2D eigenvalue weighted by molar-refractivity contribution is 6.00. The molecule has 0 radical (unpaired) electrons. The smallest absolute Gasteiger partial charge is 0.254 e. The second-order valence-corrected chi connectivity index (χ2v) is 8.28. The molecule has 2 saturated heterocycles. The van der Waals surface area contributed by atoms with E-state index in [1.165, 1.54) is 0 Å². The molecular formula is C22H31N3O4. The molecule has 2 amide bonds. The first-order chi connectivity index (χ1) is 14.1. The second kappa shape index (κ2) is 8.22. The van der Waals surface area contributed by atoms with Gasteiger partial charge in [-0.1, -0.05) is 0 Å². The number of methoxy groups -OCH3 is 1. The van der Waals surface area contributed by atoms with Gasteiger partial charge in [0.15, 0.2) is 11.5 Å². The highest BCUT2D eigenvalue weighted by Gasteiger charge is 2.54. The first-order valence-electron chi connectivity index (χ1n) is 10.7. The van der Waals surface area contributed by atoms with E-state index >= 15 is 0 Å². The zero-order chi connectivity index (χ0) is 20.4. The van der Waals surface area contributed by atoms with Crippen molar-refractivity contribution in [2.75, 3.05) is 33.4 Å². The quantitative estimate of drug-likeness (QED) is 0.708. The number of carbonyl (C=O) groups is 2. The van der Waals surface area contributed by atoms with Crippen LogP contribution in [-0.2, 0) is 4.79 Å². The van der Waals surface area contributed by atoms with Crippen molar-refractivity contribution in [2.45, 2.75) is 56.5 Å². The predicted octanol–water partition coefficient (Wildman–Crippen LogP) is 2.18. The molecule has 0 aromatic heterocycles. The zero-order valence-corrected chi connectivity index (χ0v) is 17.2. The van der Waals surface area contributed by atoms with Crippen LogP contribution in [0.1, 0.15) is 55.3 Å². The topological polar surface area (TPSA) is 85.1 Å². The standard InChI is InChI=1S/C22H31N3O4/c1-28-18-8-5-16(15-19(18)29-14-4-11-23)20(26)25-13-3-10-22(25)9-2-12-24(21(22)27)17-6-7-17/h5,8,15,17H,2-4,6-7,9-14,23H2,1H3. The largest absolute Gasteiger partial charge is 0.493 e. The van der Waals surface area contributed by atoms with Crippen LogP contribution in [0.15, 0.2) is 18.2 Å². The minimum Gasteiger partial charge on any atom is -0.493 e. The summed E-state index contributed by atoms with van der Waals surface area (Å²) < 4.78 is 11.2. The van der Waals surface area contributed by atoms with Crippen LogP contribution in [0.25, 0.3) is 0 Å². The molecule has 4 rings (SSSR count). The number of nitrogens with two attached hydrogens (primary N) is 1. The van der Waals surface area contributed by atoms with Gasteiger partial charge in [-0.05, 0) is 69.7 Å². The summed E-state index contributed by atoms with van der Waals surface area (Å²) in [5, 5.41) is 0. The number of likely N-dealkylation sites (tertiary alicyclic amines) is 2. The van der Waals surface area contributed by atoms with Gasteiger partial charge in [0.1, 0.15) is 5.54 Å². The SMILES string of the molecule is COc1ccc(C(=O)N2CCCC23CCCN(C2CC2)C3=O)cc1OCCCN. The molecule has 1 aromatic rings. The molecule has 1 aromatic carbocycles. The van der Waals surface area contributed by atoms with Crippen molar-refractivity contribution >= 4 is 11.8 Å². The van der Waals surface area contributed by atoms with Gasteiger partial charge < -0.3 is 25.0 Å². The lowest BCUT2D eigenvalue weighted by Crippen LogP contribution is -2.61. The van der Waals surface area contributed by atoms with Gasteiger partial charge in [0.05, 0.1) is 13.7 Å². The Hall–Kier alpha value is -2.28. The van der Waals surface area contributed by atoms with Crippen molar-refractivity contribution in [3.05, 3.63) is 23.8 Å². The maximum atomic E-state index is 13.5. The maximum absolute atomic E-state index is 13.5. The van der Waals surface area contributed by atoms with E-state index in [-0.39, 0.29) is 11.8 Å². The molecule has 7 heteroatoms. The third-order valence-corrected chi connectivity index (χ3v) is 6.39. The molecule has 1 unspecified atom stereocenters. The fraction of sp³-hybridized carbons (Fsp3) is 0.636. The number of carbonyl (C=O) groups excluding carboxylic acids is 2. The monoisotopic (exact) mass is 401 g/mol. The van der Waals surface area contributed by atoms with Gasteiger partial charge in [-0.3, -0.25) is 9.59 Å². The van der Waals surface area contributed by atoms with Crippen LogP contribution in [0.5, 0.6) is 11.5 Å². The first kappa shape index (κ1) is 20.0.